The molecule has 0 saturated carbocycles. The number of nitrogens with one attached hydrogen (secondary N) is 1. The maximum atomic E-state index is 12.3. The van der Waals surface area contributed by atoms with E-state index >= 15 is 0 Å². The number of phenols is 1. The number of ether oxygens (including phenoxy) is 1. The van der Waals surface area contributed by atoms with E-state index in [0.29, 0.717) is 16.9 Å². The summed E-state index contributed by atoms with van der Waals surface area (Å²) in [5, 5.41) is 16.9. The van der Waals surface area contributed by atoms with Crippen molar-refractivity contribution in [3.8, 4) is 5.75 Å². The molecule has 0 spiro atoms. The van der Waals surface area contributed by atoms with Gasteiger partial charge in [-0.2, -0.15) is 5.10 Å². The molecule has 7 heteroatoms. The highest BCUT2D eigenvalue weighted by Crippen LogP contribution is 2.23. The van der Waals surface area contributed by atoms with E-state index in [-0.39, 0.29) is 11.3 Å². The molecule has 2 N–H and O–H groups in total. The van der Waals surface area contributed by atoms with Crippen molar-refractivity contribution in [3.63, 3.8) is 0 Å². The summed E-state index contributed by atoms with van der Waals surface area (Å²) in [6.45, 7) is 6.76. The van der Waals surface area contributed by atoms with Crippen LogP contribution in [0.4, 0.5) is 5.69 Å². The predicted octanol–water partition coefficient (Wildman–Crippen LogP) is 2.23. The van der Waals surface area contributed by atoms with Gasteiger partial charge in [-0.3, -0.25) is 9.48 Å². The quantitative estimate of drug-likeness (QED) is 0.838. The van der Waals surface area contributed by atoms with E-state index in [9.17, 15) is 14.7 Å². The summed E-state index contributed by atoms with van der Waals surface area (Å²) < 4.78 is 6.81. The Morgan fingerprint density at radius 2 is 1.96 bits per heavy atom. The number of para-hydroxylation sites is 1. The minimum atomic E-state index is -1.02. The number of aromatic nitrogens is 2. The number of hydrogen-bond donors (Lipinski definition) is 2. The molecule has 0 aliphatic heterocycles. The summed E-state index contributed by atoms with van der Waals surface area (Å²) >= 11 is 0. The van der Waals surface area contributed by atoms with Crippen LogP contribution in [0.25, 0.3) is 0 Å². The maximum absolute atomic E-state index is 12.3. The standard InChI is InChI=1S/C17H21N3O4/c1-9-7-6-8-13(15(9)21)17(23)24-12(4)16(22)18-14-10(2)19-20(5)11(14)3/h6-8,12,21H,1-5H3,(H,18,22). The molecule has 0 fully saturated rings. The molecule has 1 atom stereocenters. The van der Waals surface area contributed by atoms with Crippen molar-refractivity contribution in [2.45, 2.75) is 33.8 Å². The third-order valence-corrected chi connectivity index (χ3v) is 3.87. The first-order valence-electron chi connectivity index (χ1n) is 7.53. The molecule has 7 nitrogen and oxygen atoms in total. The van der Waals surface area contributed by atoms with Crippen LogP contribution in [0.2, 0.25) is 0 Å². The molecule has 1 amide bonds. The zero-order valence-corrected chi connectivity index (χ0v) is 14.4. The van der Waals surface area contributed by atoms with Crippen molar-refractivity contribution in [2.75, 3.05) is 5.32 Å². The van der Waals surface area contributed by atoms with Crippen molar-refractivity contribution in [3.05, 3.63) is 40.7 Å². The molecule has 128 valence electrons. The Labute approximate surface area is 140 Å². The van der Waals surface area contributed by atoms with Crippen molar-refractivity contribution in [2.24, 2.45) is 7.05 Å². The zero-order valence-electron chi connectivity index (χ0n) is 14.4. The molecule has 1 aromatic heterocycles. The van der Waals surface area contributed by atoms with Crippen molar-refractivity contribution in [1.29, 1.82) is 0 Å². The monoisotopic (exact) mass is 331 g/mol. The van der Waals surface area contributed by atoms with E-state index in [2.05, 4.69) is 10.4 Å². The molecule has 2 rings (SSSR count). The summed E-state index contributed by atoms with van der Waals surface area (Å²) in [5.41, 5.74) is 2.67. The Kier molecular flexibility index (Phi) is 4.92. The van der Waals surface area contributed by atoms with E-state index < -0.39 is 18.0 Å². The van der Waals surface area contributed by atoms with E-state index in [4.69, 9.17) is 4.74 Å². The molecule has 0 bridgehead atoms. The van der Waals surface area contributed by atoms with Crippen molar-refractivity contribution < 1.29 is 19.4 Å². The second kappa shape index (κ2) is 6.74. The lowest BCUT2D eigenvalue weighted by Crippen LogP contribution is -2.30. The Hall–Kier alpha value is -2.83. The van der Waals surface area contributed by atoms with Crippen LogP contribution in [0.5, 0.6) is 5.75 Å². The smallest absolute Gasteiger partial charge is 0.342 e. The predicted molar refractivity (Wildman–Crippen MR) is 89.0 cm³/mol. The minimum Gasteiger partial charge on any atom is -0.507 e. The van der Waals surface area contributed by atoms with E-state index in [1.54, 1.807) is 37.7 Å². The summed E-state index contributed by atoms with van der Waals surface area (Å²) in [5.74, 6) is -1.36. The van der Waals surface area contributed by atoms with Crippen LogP contribution in [0.1, 0.15) is 34.2 Å². The van der Waals surface area contributed by atoms with Crippen LogP contribution in [0, 0.1) is 20.8 Å². The molecule has 1 heterocycles. The second-order valence-electron chi connectivity index (χ2n) is 5.68. The maximum Gasteiger partial charge on any atom is 0.342 e. The number of carbonyl (C=O) groups is 2. The van der Waals surface area contributed by atoms with Crippen LogP contribution in [-0.4, -0.2) is 32.9 Å². The minimum absolute atomic E-state index is 0.0309. The lowest BCUT2D eigenvalue weighted by atomic mass is 10.1. The normalized spacial score (nSPS) is 11.9. The molecule has 0 aliphatic carbocycles. The molecule has 1 aromatic carbocycles. The molecule has 0 radical (unpaired) electrons. The van der Waals surface area contributed by atoms with E-state index in [1.807, 2.05) is 6.92 Å². The van der Waals surface area contributed by atoms with Crippen molar-refractivity contribution >= 4 is 17.6 Å². The number of carbonyl (C=O) groups excluding carboxylic acids is 2. The fourth-order valence-corrected chi connectivity index (χ4v) is 2.28. The van der Waals surface area contributed by atoms with Gasteiger partial charge in [0.1, 0.15) is 11.3 Å². The molecule has 0 aliphatic rings. The molecule has 0 saturated heterocycles. The van der Waals surface area contributed by atoms with Gasteiger partial charge in [0, 0.05) is 7.05 Å². The first kappa shape index (κ1) is 17.5. The highest BCUT2D eigenvalue weighted by atomic mass is 16.5. The average Bonchev–Trinajstić information content (AvgIpc) is 2.76. The average molecular weight is 331 g/mol. The Morgan fingerprint density at radius 1 is 1.29 bits per heavy atom. The van der Waals surface area contributed by atoms with Gasteiger partial charge in [-0.1, -0.05) is 12.1 Å². The lowest BCUT2D eigenvalue weighted by Gasteiger charge is -2.14. The summed E-state index contributed by atoms with van der Waals surface area (Å²) in [7, 11) is 1.78. The molecule has 2 aromatic rings. The van der Waals surface area contributed by atoms with Gasteiger partial charge in [0.25, 0.3) is 5.91 Å². The fourth-order valence-electron chi connectivity index (χ4n) is 2.28. The molecular weight excluding hydrogens is 310 g/mol. The molecule has 1 unspecified atom stereocenters. The van der Waals surface area contributed by atoms with Crippen LogP contribution < -0.4 is 5.32 Å². The number of amides is 1. The van der Waals surface area contributed by atoms with E-state index in [1.165, 1.54) is 13.0 Å². The zero-order chi connectivity index (χ0) is 18.0. The number of esters is 1. The Morgan fingerprint density at radius 3 is 2.54 bits per heavy atom. The third-order valence-electron chi connectivity index (χ3n) is 3.87. The van der Waals surface area contributed by atoms with Crippen LogP contribution in [0.15, 0.2) is 18.2 Å². The lowest BCUT2D eigenvalue weighted by molar-refractivity contribution is -0.123. The number of benzene rings is 1. The highest BCUT2D eigenvalue weighted by molar-refractivity contribution is 5.99. The second-order valence-corrected chi connectivity index (χ2v) is 5.68. The Balaban J connectivity index is 2.09. The fraction of sp³-hybridized carbons (Fsp3) is 0.353. The van der Waals surface area contributed by atoms with Gasteiger partial charge in [-0.05, 0) is 39.3 Å². The number of rotatable bonds is 4. The van der Waals surface area contributed by atoms with Crippen molar-refractivity contribution in [1.82, 2.24) is 9.78 Å². The third kappa shape index (κ3) is 3.40. The first-order valence-corrected chi connectivity index (χ1v) is 7.53. The van der Waals surface area contributed by atoms with Crippen LogP contribution in [0.3, 0.4) is 0 Å². The number of phenolic OH excluding ortho intramolecular Hbond substituents is 1. The summed E-state index contributed by atoms with van der Waals surface area (Å²) in [6.07, 6.45) is -1.02. The van der Waals surface area contributed by atoms with Gasteiger partial charge in [0.05, 0.1) is 17.1 Å². The summed E-state index contributed by atoms with van der Waals surface area (Å²) in [4.78, 5) is 24.4. The Bertz CT molecular complexity index is 795. The number of aryl methyl sites for hydroxylation is 3. The molecular formula is C17H21N3O4. The number of hydrogen-bond acceptors (Lipinski definition) is 5. The van der Waals surface area contributed by atoms with Crippen LogP contribution >= 0.6 is 0 Å². The highest BCUT2D eigenvalue weighted by Gasteiger charge is 2.23. The van der Waals surface area contributed by atoms with Gasteiger partial charge in [-0.25, -0.2) is 4.79 Å². The van der Waals surface area contributed by atoms with Gasteiger partial charge >= 0.3 is 5.97 Å². The van der Waals surface area contributed by atoms with Crippen LogP contribution in [-0.2, 0) is 16.6 Å². The largest absolute Gasteiger partial charge is 0.507 e. The van der Waals surface area contributed by atoms with Gasteiger partial charge in [-0.15, -0.1) is 0 Å². The van der Waals surface area contributed by atoms with Gasteiger partial charge < -0.3 is 15.2 Å². The van der Waals surface area contributed by atoms with Gasteiger partial charge in [0.15, 0.2) is 6.10 Å². The topological polar surface area (TPSA) is 93.5 Å². The SMILES string of the molecule is Cc1cccc(C(=O)OC(C)C(=O)Nc2c(C)nn(C)c2C)c1O. The number of anilines is 1. The number of nitrogens with zero attached hydrogens (tertiary/aromatic N) is 2. The first-order chi connectivity index (χ1) is 11.2. The number of aromatic hydroxyl groups is 1. The van der Waals surface area contributed by atoms with Gasteiger partial charge in [0.2, 0.25) is 0 Å². The molecule has 24 heavy (non-hydrogen) atoms. The summed E-state index contributed by atoms with van der Waals surface area (Å²) in [6, 6.07) is 4.76. The van der Waals surface area contributed by atoms with E-state index in [0.717, 1.165) is 5.69 Å².